The van der Waals surface area contributed by atoms with Crippen LogP contribution in [-0.2, 0) is 4.74 Å². The molecule has 3 rings (SSSR count). The van der Waals surface area contributed by atoms with Gasteiger partial charge in [0.15, 0.2) is 5.69 Å². The Morgan fingerprint density at radius 1 is 1.29 bits per heavy atom. The number of carbonyl (C=O) groups excluding carboxylic acids is 1. The summed E-state index contributed by atoms with van der Waals surface area (Å²) in [6.07, 6.45) is 0. The summed E-state index contributed by atoms with van der Waals surface area (Å²) in [4.78, 5) is 16.1. The van der Waals surface area contributed by atoms with Gasteiger partial charge in [-0.05, 0) is 33.6 Å². The van der Waals surface area contributed by atoms with Crippen LogP contribution in [-0.4, -0.2) is 17.6 Å². The van der Waals surface area contributed by atoms with E-state index in [-0.39, 0.29) is 5.97 Å². The van der Waals surface area contributed by atoms with Gasteiger partial charge in [-0.15, -0.1) is 11.3 Å². The van der Waals surface area contributed by atoms with Gasteiger partial charge in [0.25, 0.3) is 0 Å². The third kappa shape index (κ3) is 2.71. The van der Waals surface area contributed by atoms with Crippen molar-refractivity contribution in [3.05, 3.63) is 51.9 Å². The van der Waals surface area contributed by atoms with Crippen molar-refractivity contribution in [1.29, 1.82) is 0 Å². The van der Waals surface area contributed by atoms with Crippen molar-refractivity contribution in [3.63, 3.8) is 0 Å². The van der Waals surface area contributed by atoms with Crippen LogP contribution in [0.1, 0.15) is 17.4 Å². The molecule has 0 radical (unpaired) electrons. The Morgan fingerprint density at radius 2 is 2.10 bits per heavy atom. The number of thiazole rings is 1. The molecule has 3 nitrogen and oxygen atoms in total. The van der Waals surface area contributed by atoms with E-state index >= 15 is 0 Å². The van der Waals surface area contributed by atoms with Crippen LogP contribution in [0.3, 0.4) is 0 Å². The quantitative estimate of drug-likeness (QED) is 0.622. The maximum atomic E-state index is 11.7. The van der Waals surface area contributed by atoms with Crippen LogP contribution in [0.4, 0.5) is 0 Å². The number of nitrogens with zero attached hydrogens (tertiary/aromatic N) is 1. The largest absolute Gasteiger partial charge is 0.461 e. The fourth-order valence-electron chi connectivity index (χ4n) is 2.09. The van der Waals surface area contributed by atoms with E-state index in [9.17, 15) is 4.79 Å². The number of benzene rings is 2. The molecule has 0 unspecified atom stereocenters. The van der Waals surface area contributed by atoms with Crippen LogP contribution in [0.2, 0.25) is 0 Å². The van der Waals surface area contributed by atoms with Crippen LogP contribution < -0.4 is 0 Å². The molecule has 0 N–H and O–H groups in total. The van der Waals surface area contributed by atoms with E-state index in [2.05, 4.69) is 39.1 Å². The lowest BCUT2D eigenvalue weighted by molar-refractivity contribution is 0.0520. The molecule has 21 heavy (non-hydrogen) atoms. The lowest BCUT2D eigenvalue weighted by Gasteiger charge is -2.05. The number of esters is 1. The normalized spacial score (nSPS) is 10.8. The third-order valence-corrected chi connectivity index (χ3v) is 4.81. The summed E-state index contributed by atoms with van der Waals surface area (Å²) in [5.41, 5.74) is 1.34. The van der Waals surface area contributed by atoms with E-state index in [1.54, 1.807) is 12.3 Å². The molecule has 0 aliphatic carbocycles. The van der Waals surface area contributed by atoms with Crippen LogP contribution in [0.5, 0.6) is 0 Å². The molecule has 0 saturated carbocycles. The Bertz CT molecular complexity index is 813. The minimum atomic E-state index is -0.378. The highest BCUT2D eigenvalue weighted by Gasteiger charge is 2.15. The fraction of sp³-hybridized carbons (Fsp3) is 0.125. The van der Waals surface area contributed by atoms with Crippen LogP contribution >= 0.6 is 27.3 Å². The Kier molecular flexibility index (Phi) is 4.03. The summed E-state index contributed by atoms with van der Waals surface area (Å²) in [6.45, 7) is 2.14. The Labute approximate surface area is 134 Å². The topological polar surface area (TPSA) is 39.2 Å². The maximum Gasteiger partial charge on any atom is 0.357 e. The molecule has 0 aliphatic rings. The molecule has 0 fully saturated rings. The summed E-state index contributed by atoms with van der Waals surface area (Å²) in [7, 11) is 0. The summed E-state index contributed by atoms with van der Waals surface area (Å²) in [6, 6.07) is 12.2. The average molecular weight is 362 g/mol. The van der Waals surface area contributed by atoms with E-state index in [1.807, 2.05) is 18.2 Å². The van der Waals surface area contributed by atoms with Gasteiger partial charge in [-0.2, -0.15) is 0 Å². The van der Waals surface area contributed by atoms with Crippen molar-refractivity contribution < 1.29 is 9.53 Å². The highest BCUT2D eigenvalue weighted by molar-refractivity contribution is 9.10. The molecule has 1 aromatic heterocycles. The van der Waals surface area contributed by atoms with Crippen LogP contribution in [0.15, 0.2) is 46.3 Å². The number of rotatable bonds is 3. The first-order valence-corrected chi connectivity index (χ1v) is 8.18. The SMILES string of the molecule is CCOC(=O)c1csc(-c2ccc3ccccc3c2Br)n1. The van der Waals surface area contributed by atoms with Gasteiger partial charge < -0.3 is 4.74 Å². The van der Waals surface area contributed by atoms with E-state index in [0.717, 1.165) is 25.8 Å². The van der Waals surface area contributed by atoms with Crippen molar-refractivity contribution in [3.8, 4) is 10.6 Å². The molecule has 106 valence electrons. The first-order chi connectivity index (χ1) is 10.2. The summed E-state index contributed by atoms with van der Waals surface area (Å²) in [5, 5.41) is 4.82. The van der Waals surface area contributed by atoms with Gasteiger partial charge in [-0.3, -0.25) is 0 Å². The van der Waals surface area contributed by atoms with E-state index in [4.69, 9.17) is 4.74 Å². The number of ether oxygens (including phenoxy) is 1. The number of fused-ring (bicyclic) bond motifs is 1. The lowest BCUT2D eigenvalue weighted by Crippen LogP contribution is -2.04. The first kappa shape index (κ1) is 14.2. The van der Waals surface area contributed by atoms with Crippen molar-refractivity contribution in [2.75, 3.05) is 6.61 Å². The minimum Gasteiger partial charge on any atom is -0.461 e. The number of aromatic nitrogens is 1. The highest BCUT2D eigenvalue weighted by atomic mass is 79.9. The molecular weight excluding hydrogens is 350 g/mol. The second kappa shape index (κ2) is 5.95. The molecule has 3 aromatic rings. The smallest absolute Gasteiger partial charge is 0.357 e. The predicted molar refractivity (Wildman–Crippen MR) is 88.7 cm³/mol. The molecule has 0 atom stereocenters. The molecule has 2 aromatic carbocycles. The van der Waals surface area contributed by atoms with Gasteiger partial charge in [-0.1, -0.05) is 36.4 Å². The second-order valence-corrected chi connectivity index (χ2v) is 6.06. The molecular formula is C16H12BrNO2S. The molecule has 0 amide bonds. The summed E-state index contributed by atoms with van der Waals surface area (Å²) in [5.74, 6) is -0.378. The first-order valence-electron chi connectivity index (χ1n) is 6.51. The number of carbonyl (C=O) groups is 1. The number of hydrogen-bond donors (Lipinski definition) is 0. The molecule has 0 saturated heterocycles. The lowest BCUT2D eigenvalue weighted by atomic mass is 10.1. The van der Waals surface area contributed by atoms with Gasteiger partial charge in [0, 0.05) is 15.4 Å². The molecule has 1 heterocycles. The van der Waals surface area contributed by atoms with E-state index in [1.165, 1.54) is 11.3 Å². The fourth-order valence-corrected chi connectivity index (χ4v) is 3.73. The van der Waals surface area contributed by atoms with E-state index < -0.39 is 0 Å². The highest BCUT2D eigenvalue weighted by Crippen LogP contribution is 2.36. The zero-order valence-electron chi connectivity index (χ0n) is 11.3. The molecule has 5 heteroatoms. The standard InChI is InChI=1S/C16H12BrNO2S/c1-2-20-16(19)13-9-21-15(18-13)12-8-7-10-5-3-4-6-11(10)14(12)17/h3-9H,2H2,1H3. The van der Waals surface area contributed by atoms with Crippen LogP contribution in [0, 0.1) is 0 Å². The van der Waals surface area contributed by atoms with Crippen molar-refractivity contribution in [1.82, 2.24) is 4.98 Å². The van der Waals surface area contributed by atoms with Crippen molar-refractivity contribution in [2.45, 2.75) is 6.92 Å². The monoisotopic (exact) mass is 361 g/mol. The Balaban J connectivity index is 2.05. The van der Waals surface area contributed by atoms with Crippen LogP contribution in [0.25, 0.3) is 21.3 Å². The Hall–Kier alpha value is -1.72. The van der Waals surface area contributed by atoms with Gasteiger partial charge in [0.1, 0.15) is 5.01 Å². The zero-order chi connectivity index (χ0) is 14.8. The molecule has 0 bridgehead atoms. The predicted octanol–water partition coefficient (Wildman–Crippen LogP) is 4.90. The van der Waals surface area contributed by atoms with Gasteiger partial charge in [0.05, 0.1) is 6.61 Å². The van der Waals surface area contributed by atoms with Crippen molar-refractivity contribution >= 4 is 44.0 Å². The molecule has 0 spiro atoms. The summed E-state index contributed by atoms with van der Waals surface area (Å²) >= 11 is 5.08. The number of halogens is 1. The zero-order valence-corrected chi connectivity index (χ0v) is 13.7. The molecule has 0 aliphatic heterocycles. The minimum absolute atomic E-state index is 0.353. The van der Waals surface area contributed by atoms with Crippen molar-refractivity contribution in [2.24, 2.45) is 0 Å². The Morgan fingerprint density at radius 3 is 2.90 bits per heavy atom. The van der Waals surface area contributed by atoms with Gasteiger partial charge >= 0.3 is 5.97 Å². The summed E-state index contributed by atoms with van der Waals surface area (Å²) < 4.78 is 5.96. The van der Waals surface area contributed by atoms with Gasteiger partial charge in [0.2, 0.25) is 0 Å². The van der Waals surface area contributed by atoms with Gasteiger partial charge in [-0.25, -0.2) is 9.78 Å². The average Bonchev–Trinajstić information content (AvgIpc) is 2.98. The number of hydrogen-bond acceptors (Lipinski definition) is 4. The van der Waals surface area contributed by atoms with E-state index in [0.29, 0.717) is 12.3 Å². The maximum absolute atomic E-state index is 11.7. The third-order valence-electron chi connectivity index (χ3n) is 3.08. The second-order valence-electron chi connectivity index (χ2n) is 4.41.